The van der Waals surface area contributed by atoms with Gasteiger partial charge in [-0.15, -0.1) is 0 Å². The number of hydrogen-bond acceptors (Lipinski definition) is 6. The van der Waals surface area contributed by atoms with Crippen LogP contribution < -0.4 is 14.8 Å². The summed E-state index contributed by atoms with van der Waals surface area (Å²) < 4.78 is 21.7. The topological polar surface area (TPSA) is 114 Å². The van der Waals surface area contributed by atoms with E-state index < -0.39 is 7.60 Å². The van der Waals surface area contributed by atoms with Gasteiger partial charge in [-0.25, -0.2) is 9.97 Å². The number of fused-ring (bicyclic) bond motifs is 1. The molecular weight excluding hydrogens is 369 g/mol. The zero-order valence-corrected chi connectivity index (χ0v) is 15.8. The van der Waals surface area contributed by atoms with Crippen LogP contribution in [0.15, 0.2) is 42.7 Å². The Morgan fingerprint density at radius 1 is 1.07 bits per heavy atom. The Kier molecular flexibility index (Phi) is 5.60. The van der Waals surface area contributed by atoms with Gasteiger partial charge in [0, 0.05) is 11.8 Å². The van der Waals surface area contributed by atoms with E-state index in [1.807, 2.05) is 30.3 Å². The second kappa shape index (κ2) is 7.92. The summed E-state index contributed by atoms with van der Waals surface area (Å²) in [6.45, 7) is 0. The van der Waals surface area contributed by atoms with E-state index in [4.69, 9.17) is 19.3 Å². The van der Waals surface area contributed by atoms with E-state index in [0.717, 1.165) is 16.6 Å². The fourth-order valence-corrected chi connectivity index (χ4v) is 3.20. The number of benzene rings is 2. The van der Waals surface area contributed by atoms with E-state index >= 15 is 0 Å². The van der Waals surface area contributed by atoms with Crippen LogP contribution in [0.4, 0.5) is 11.5 Å². The summed E-state index contributed by atoms with van der Waals surface area (Å²) in [6.07, 6.45) is 1.60. The van der Waals surface area contributed by atoms with Crippen LogP contribution in [0.1, 0.15) is 5.56 Å². The van der Waals surface area contributed by atoms with Crippen molar-refractivity contribution >= 4 is 30.0 Å². The molecule has 27 heavy (non-hydrogen) atoms. The van der Waals surface area contributed by atoms with Gasteiger partial charge in [0.25, 0.3) is 0 Å². The van der Waals surface area contributed by atoms with E-state index in [9.17, 15) is 4.57 Å². The van der Waals surface area contributed by atoms with Gasteiger partial charge in [-0.3, -0.25) is 4.57 Å². The van der Waals surface area contributed by atoms with Crippen LogP contribution in [0.25, 0.3) is 10.9 Å². The molecule has 3 aromatic rings. The van der Waals surface area contributed by atoms with Gasteiger partial charge in [0.1, 0.15) is 29.2 Å². The summed E-state index contributed by atoms with van der Waals surface area (Å²) in [7, 11) is -0.851. The first kappa shape index (κ1) is 19.1. The van der Waals surface area contributed by atoms with Gasteiger partial charge >= 0.3 is 7.60 Å². The van der Waals surface area contributed by atoms with Gasteiger partial charge < -0.3 is 24.6 Å². The van der Waals surface area contributed by atoms with Crippen molar-refractivity contribution in [3.8, 4) is 11.5 Å². The largest absolute Gasteiger partial charge is 0.497 e. The number of aryl methyl sites for hydroxylation is 1. The highest BCUT2D eigenvalue weighted by atomic mass is 31.2. The number of aromatic nitrogens is 2. The Labute approximate surface area is 156 Å². The molecule has 0 atom stereocenters. The molecule has 0 aliphatic carbocycles. The number of anilines is 2. The minimum Gasteiger partial charge on any atom is -0.497 e. The molecule has 0 amide bonds. The molecule has 3 rings (SSSR count). The summed E-state index contributed by atoms with van der Waals surface area (Å²) >= 11 is 0. The average molecular weight is 389 g/mol. The molecule has 0 aliphatic heterocycles. The number of ether oxygens (including phenoxy) is 2. The number of nitrogens with zero attached hydrogens (tertiary/aromatic N) is 2. The molecule has 1 heterocycles. The van der Waals surface area contributed by atoms with E-state index in [-0.39, 0.29) is 6.16 Å². The quantitative estimate of drug-likeness (QED) is 0.528. The summed E-state index contributed by atoms with van der Waals surface area (Å²) in [5.41, 5.74) is 2.30. The maximum atomic E-state index is 11.0. The van der Waals surface area contributed by atoms with Crippen molar-refractivity contribution in [3.63, 3.8) is 0 Å². The van der Waals surface area contributed by atoms with Gasteiger partial charge in [-0.2, -0.15) is 0 Å². The first-order valence-electron chi connectivity index (χ1n) is 8.17. The summed E-state index contributed by atoms with van der Waals surface area (Å²) in [6, 6.07) is 10.9. The van der Waals surface area contributed by atoms with Crippen molar-refractivity contribution in [2.24, 2.45) is 0 Å². The number of methoxy groups -OCH3 is 2. The van der Waals surface area contributed by atoms with Crippen LogP contribution in [0.2, 0.25) is 0 Å². The summed E-state index contributed by atoms with van der Waals surface area (Å²) in [5.74, 6) is 1.81. The zero-order chi connectivity index (χ0) is 19.4. The Morgan fingerprint density at radius 2 is 1.81 bits per heavy atom. The molecule has 0 unspecified atom stereocenters. The lowest BCUT2D eigenvalue weighted by molar-refractivity contribution is 0.373. The fourth-order valence-electron chi connectivity index (χ4n) is 2.65. The molecule has 9 heteroatoms. The van der Waals surface area contributed by atoms with Crippen molar-refractivity contribution in [3.05, 3.63) is 48.3 Å². The molecule has 0 spiro atoms. The van der Waals surface area contributed by atoms with Crippen molar-refractivity contribution in [1.82, 2.24) is 9.97 Å². The average Bonchev–Trinajstić information content (AvgIpc) is 2.66. The Morgan fingerprint density at radius 3 is 2.44 bits per heavy atom. The molecule has 0 aliphatic rings. The van der Waals surface area contributed by atoms with Gasteiger partial charge in [-0.1, -0.05) is 12.1 Å². The molecule has 3 N–H and O–H groups in total. The minimum atomic E-state index is -4.00. The highest BCUT2D eigenvalue weighted by molar-refractivity contribution is 7.51. The number of rotatable bonds is 7. The number of hydrogen-bond donors (Lipinski definition) is 3. The van der Waals surface area contributed by atoms with E-state index in [2.05, 4.69) is 15.3 Å². The fraction of sp³-hybridized carbons (Fsp3) is 0.222. The first-order valence-corrected chi connectivity index (χ1v) is 9.96. The van der Waals surface area contributed by atoms with Crippen LogP contribution in [0.5, 0.6) is 11.5 Å². The third kappa shape index (κ3) is 4.74. The Hall–Kier alpha value is -2.67. The molecule has 0 radical (unpaired) electrons. The summed E-state index contributed by atoms with van der Waals surface area (Å²) in [5, 5.41) is 3.98. The normalized spacial score (nSPS) is 11.4. The molecule has 142 valence electrons. The van der Waals surface area contributed by atoms with Crippen LogP contribution >= 0.6 is 7.60 Å². The molecule has 0 saturated carbocycles. The number of nitrogens with one attached hydrogen (secondary N) is 1. The maximum Gasteiger partial charge on any atom is 0.325 e. The molecule has 1 aromatic heterocycles. The molecule has 2 aromatic carbocycles. The predicted molar refractivity (Wildman–Crippen MR) is 103 cm³/mol. The van der Waals surface area contributed by atoms with Crippen molar-refractivity contribution in [1.29, 1.82) is 0 Å². The van der Waals surface area contributed by atoms with Crippen molar-refractivity contribution in [2.45, 2.75) is 6.42 Å². The van der Waals surface area contributed by atoms with Gasteiger partial charge in [0.2, 0.25) is 0 Å². The van der Waals surface area contributed by atoms with Crippen molar-refractivity contribution < 1.29 is 23.8 Å². The van der Waals surface area contributed by atoms with E-state index in [1.54, 1.807) is 20.3 Å². The van der Waals surface area contributed by atoms with E-state index in [0.29, 0.717) is 29.3 Å². The van der Waals surface area contributed by atoms with Gasteiger partial charge in [0.15, 0.2) is 0 Å². The van der Waals surface area contributed by atoms with Gasteiger partial charge in [-0.05, 0) is 30.2 Å². The smallest absolute Gasteiger partial charge is 0.325 e. The summed E-state index contributed by atoms with van der Waals surface area (Å²) in [4.78, 5) is 26.6. The van der Waals surface area contributed by atoms with Crippen LogP contribution in [0, 0.1) is 0 Å². The lowest BCUT2D eigenvalue weighted by Crippen LogP contribution is -1.99. The predicted octanol–water partition coefficient (Wildman–Crippen LogP) is 3.11. The molecular formula is C18H20N3O5P. The standard InChI is InChI=1S/C18H20N3O5P/c1-25-14-9-15-17(16(10-14)26-2)19-11-20-18(15)21-13-5-3-12(4-6-13)7-8-27(22,23)24/h3-6,9-11H,7-8H2,1-2H3,(H,19,20,21)(H2,22,23,24). The minimum absolute atomic E-state index is 0.171. The highest BCUT2D eigenvalue weighted by Crippen LogP contribution is 2.35. The highest BCUT2D eigenvalue weighted by Gasteiger charge is 2.13. The van der Waals surface area contributed by atoms with E-state index in [1.165, 1.54) is 6.33 Å². The first-order chi connectivity index (χ1) is 12.9. The second-order valence-corrected chi connectivity index (χ2v) is 7.68. The Balaban J connectivity index is 1.87. The zero-order valence-electron chi connectivity index (χ0n) is 14.9. The van der Waals surface area contributed by atoms with Crippen LogP contribution in [-0.4, -0.2) is 40.1 Å². The monoisotopic (exact) mass is 389 g/mol. The maximum absolute atomic E-state index is 11.0. The SMILES string of the molecule is COc1cc(OC)c2ncnc(Nc3ccc(CCP(=O)(O)O)cc3)c2c1. The molecule has 0 fully saturated rings. The van der Waals surface area contributed by atoms with Gasteiger partial charge in [0.05, 0.1) is 25.8 Å². The molecule has 0 saturated heterocycles. The third-order valence-corrected chi connectivity index (χ3v) is 4.85. The second-order valence-electron chi connectivity index (χ2n) is 5.91. The van der Waals surface area contributed by atoms with Crippen LogP contribution in [-0.2, 0) is 11.0 Å². The lowest BCUT2D eigenvalue weighted by Gasteiger charge is -2.12. The third-order valence-electron chi connectivity index (χ3n) is 4.04. The van der Waals surface area contributed by atoms with Crippen molar-refractivity contribution in [2.75, 3.05) is 25.7 Å². The lowest BCUT2D eigenvalue weighted by atomic mass is 10.1. The van der Waals surface area contributed by atoms with Crippen LogP contribution in [0.3, 0.4) is 0 Å². The molecule has 0 bridgehead atoms. The molecule has 8 nitrogen and oxygen atoms in total. The Bertz CT molecular complexity index is 988.